The normalized spacial score (nSPS) is 34.2. The highest BCUT2D eigenvalue weighted by atomic mass is 16.5. The predicted octanol–water partition coefficient (Wildman–Crippen LogP) is 3.37. The molecule has 0 aromatic heterocycles. The summed E-state index contributed by atoms with van der Waals surface area (Å²) >= 11 is 0. The van der Waals surface area contributed by atoms with Gasteiger partial charge in [0.05, 0.1) is 0 Å². The molecular formula is C23H30O6. The summed E-state index contributed by atoms with van der Waals surface area (Å²) in [5.41, 5.74) is -4.16. The number of carboxylic acid groups (broad SMARTS) is 1. The Hall–Kier alpha value is -2.47. The van der Waals surface area contributed by atoms with Crippen molar-refractivity contribution in [3.05, 3.63) is 48.1 Å². The number of allylic oxidation sites excluding steroid dienone is 5. The van der Waals surface area contributed by atoms with Crippen molar-refractivity contribution in [2.45, 2.75) is 58.7 Å². The number of hydrogen-bond acceptors (Lipinski definition) is 5. The Morgan fingerprint density at radius 3 is 2.38 bits per heavy atom. The Morgan fingerprint density at radius 2 is 1.79 bits per heavy atom. The Morgan fingerprint density at radius 1 is 1.14 bits per heavy atom. The van der Waals surface area contributed by atoms with Crippen LogP contribution in [0.25, 0.3) is 0 Å². The molecule has 158 valence electrons. The van der Waals surface area contributed by atoms with Gasteiger partial charge in [-0.1, -0.05) is 57.6 Å². The number of carbonyl (C=O) groups is 3. The zero-order chi connectivity index (χ0) is 21.9. The van der Waals surface area contributed by atoms with Gasteiger partial charge in [-0.25, -0.2) is 9.59 Å². The molecule has 4 atom stereocenters. The molecule has 1 saturated carbocycles. The van der Waals surface area contributed by atoms with E-state index in [4.69, 9.17) is 4.74 Å². The molecule has 0 aromatic carbocycles. The van der Waals surface area contributed by atoms with Crippen LogP contribution in [0, 0.1) is 16.7 Å². The fourth-order valence-corrected chi connectivity index (χ4v) is 5.16. The van der Waals surface area contributed by atoms with Gasteiger partial charge in [0.2, 0.25) is 0 Å². The van der Waals surface area contributed by atoms with Gasteiger partial charge in [-0.2, -0.15) is 0 Å². The lowest BCUT2D eigenvalue weighted by molar-refractivity contribution is -0.202. The summed E-state index contributed by atoms with van der Waals surface area (Å²) in [5, 5.41) is 21.0. The Bertz CT molecular complexity index is 787. The van der Waals surface area contributed by atoms with E-state index in [9.17, 15) is 24.6 Å². The summed E-state index contributed by atoms with van der Waals surface area (Å²) in [6.45, 7) is 7.52. The number of aldehydes is 1. The number of carboxylic acids is 1. The fourth-order valence-electron chi connectivity index (χ4n) is 5.16. The van der Waals surface area contributed by atoms with E-state index in [-0.39, 0.29) is 5.57 Å². The van der Waals surface area contributed by atoms with Crippen LogP contribution in [0.3, 0.4) is 0 Å². The summed E-state index contributed by atoms with van der Waals surface area (Å²) in [6.07, 6.45) is 12.7. The van der Waals surface area contributed by atoms with Gasteiger partial charge < -0.3 is 14.9 Å². The monoisotopic (exact) mass is 402 g/mol. The highest BCUT2D eigenvalue weighted by Crippen LogP contribution is 2.61. The molecule has 0 amide bonds. The molecule has 0 aromatic rings. The van der Waals surface area contributed by atoms with Crippen molar-refractivity contribution in [3.8, 4) is 0 Å². The van der Waals surface area contributed by atoms with Gasteiger partial charge in [0.15, 0.2) is 5.60 Å². The van der Waals surface area contributed by atoms with Crippen LogP contribution in [0.15, 0.2) is 48.1 Å². The van der Waals surface area contributed by atoms with E-state index in [0.29, 0.717) is 19.1 Å². The van der Waals surface area contributed by atoms with Crippen LogP contribution in [-0.2, 0) is 19.1 Å². The molecule has 0 aliphatic heterocycles. The molecule has 2 aliphatic rings. The molecular weight excluding hydrogens is 372 g/mol. The first-order valence-corrected chi connectivity index (χ1v) is 9.84. The smallest absolute Gasteiger partial charge is 0.341 e. The highest BCUT2D eigenvalue weighted by molar-refractivity contribution is 5.94. The molecule has 6 nitrogen and oxygen atoms in total. The topological polar surface area (TPSA) is 101 Å². The fraction of sp³-hybridized carbons (Fsp3) is 0.522. The number of hydrogen-bond donors (Lipinski definition) is 2. The lowest BCUT2D eigenvalue weighted by Crippen LogP contribution is -2.66. The average molecular weight is 402 g/mol. The van der Waals surface area contributed by atoms with E-state index in [0.717, 1.165) is 6.42 Å². The van der Waals surface area contributed by atoms with Crippen molar-refractivity contribution < 1.29 is 29.3 Å². The minimum absolute atomic E-state index is 0.267. The van der Waals surface area contributed by atoms with E-state index in [2.05, 4.69) is 0 Å². The van der Waals surface area contributed by atoms with Gasteiger partial charge in [0.1, 0.15) is 12.4 Å². The first kappa shape index (κ1) is 22.8. The maximum atomic E-state index is 12.4. The van der Waals surface area contributed by atoms with E-state index >= 15 is 0 Å². The van der Waals surface area contributed by atoms with Gasteiger partial charge in [-0.05, 0) is 31.3 Å². The number of rotatable bonds is 6. The third-order valence-corrected chi connectivity index (χ3v) is 6.41. The molecule has 2 N–H and O–H groups in total. The van der Waals surface area contributed by atoms with Crippen molar-refractivity contribution in [1.29, 1.82) is 0 Å². The van der Waals surface area contributed by atoms with Crippen molar-refractivity contribution in [1.82, 2.24) is 0 Å². The standard InChI is InChI=1S/C23H30O6/c1-5-6-7-8-9-11-18(25)29-17-14-16(15-24)23(28,20(26)27)22(4)13-10-12-21(2,3)19(17)22/h5-9,11,14-15,17,19,28H,10,12-13H2,1-4H3,(H,26,27)/b6-5+,8-7+,11-9+/t17-,19-,22-,23+/m0/s1. The van der Waals surface area contributed by atoms with E-state index in [1.165, 1.54) is 12.2 Å². The molecule has 0 saturated heterocycles. The van der Waals surface area contributed by atoms with Crippen molar-refractivity contribution in [3.63, 3.8) is 0 Å². The van der Waals surface area contributed by atoms with Crippen LogP contribution in [0.2, 0.25) is 0 Å². The van der Waals surface area contributed by atoms with E-state index in [1.54, 1.807) is 25.2 Å². The van der Waals surface area contributed by atoms with Crippen LogP contribution < -0.4 is 0 Å². The summed E-state index contributed by atoms with van der Waals surface area (Å²) < 4.78 is 5.66. The van der Waals surface area contributed by atoms with E-state index < -0.39 is 40.4 Å². The molecule has 2 rings (SSSR count). The molecule has 0 heterocycles. The molecule has 6 heteroatoms. The molecule has 1 fully saturated rings. The maximum Gasteiger partial charge on any atom is 0.341 e. The van der Waals surface area contributed by atoms with Crippen LogP contribution in [0.5, 0.6) is 0 Å². The quantitative estimate of drug-likeness (QED) is 0.306. The van der Waals surface area contributed by atoms with E-state index in [1.807, 2.05) is 32.9 Å². The largest absolute Gasteiger partial charge is 0.479 e. The first-order valence-electron chi connectivity index (χ1n) is 9.84. The number of aliphatic hydroxyl groups is 1. The van der Waals surface area contributed by atoms with Gasteiger partial charge in [-0.15, -0.1) is 0 Å². The molecule has 29 heavy (non-hydrogen) atoms. The average Bonchev–Trinajstić information content (AvgIpc) is 2.63. The van der Waals surface area contributed by atoms with Gasteiger partial charge in [0.25, 0.3) is 0 Å². The van der Waals surface area contributed by atoms with Crippen LogP contribution in [0.4, 0.5) is 0 Å². The summed E-state index contributed by atoms with van der Waals surface area (Å²) in [4.78, 5) is 36.2. The predicted molar refractivity (Wildman–Crippen MR) is 109 cm³/mol. The Kier molecular flexibility index (Phi) is 6.68. The lowest BCUT2D eigenvalue weighted by Gasteiger charge is -2.59. The minimum Gasteiger partial charge on any atom is -0.479 e. The van der Waals surface area contributed by atoms with Crippen molar-refractivity contribution in [2.75, 3.05) is 0 Å². The number of carbonyl (C=O) groups excluding carboxylic acids is 2. The molecule has 0 spiro atoms. The third-order valence-electron chi connectivity index (χ3n) is 6.41. The van der Waals surface area contributed by atoms with Crippen LogP contribution >= 0.6 is 0 Å². The molecule has 0 radical (unpaired) electrons. The maximum absolute atomic E-state index is 12.4. The minimum atomic E-state index is -2.33. The zero-order valence-electron chi connectivity index (χ0n) is 17.4. The SMILES string of the molecule is C/C=C/C=C/C=C/C(=O)O[C@H]1C=C(C=O)[C@@](O)(C(=O)O)[C@@]2(C)CCCC(C)(C)[C@H]12. The van der Waals surface area contributed by atoms with Gasteiger partial charge in [-0.3, -0.25) is 4.79 Å². The molecule has 0 unspecified atom stereocenters. The second kappa shape index (κ2) is 8.49. The lowest BCUT2D eigenvalue weighted by atomic mass is 9.46. The number of fused-ring (bicyclic) bond motifs is 1. The second-order valence-electron chi connectivity index (χ2n) is 8.66. The third kappa shape index (κ3) is 3.99. The Balaban J connectivity index is 2.47. The van der Waals surface area contributed by atoms with Gasteiger partial charge >= 0.3 is 11.9 Å². The highest BCUT2D eigenvalue weighted by Gasteiger charge is 2.67. The first-order chi connectivity index (χ1) is 13.5. The molecule has 2 aliphatic carbocycles. The zero-order valence-corrected chi connectivity index (χ0v) is 17.4. The Labute approximate surface area is 171 Å². The molecule has 0 bridgehead atoms. The van der Waals surface area contributed by atoms with Crippen LogP contribution in [-0.4, -0.2) is 40.1 Å². The summed E-state index contributed by atoms with van der Waals surface area (Å²) in [7, 11) is 0. The van der Waals surface area contributed by atoms with Crippen molar-refractivity contribution in [2.24, 2.45) is 16.7 Å². The van der Waals surface area contributed by atoms with Crippen LogP contribution in [0.1, 0.15) is 47.0 Å². The summed E-state index contributed by atoms with van der Waals surface area (Å²) in [6, 6.07) is 0. The second-order valence-corrected chi connectivity index (χ2v) is 8.66. The number of ether oxygens (including phenoxy) is 1. The van der Waals surface area contributed by atoms with Gasteiger partial charge in [0, 0.05) is 23.0 Å². The number of esters is 1. The summed E-state index contributed by atoms with van der Waals surface area (Å²) in [5.74, 6) is -2.52. The number of aliphatic carboxylic acids is 1. The van der Waals surface area contributed by atoms with Crippen molar-refractivity contribution >= 4 is 18.2 Å².